The highest BCUT2D eigenvalue weighted by Crippen LogP contribution is 2.17. The Morgan fingerprint density at radius 2 is 2.05 bits per heavy atom. The Morgan fingerprint density at radius 1 is 1.29 bits per heavy atom. The van der Waals surface area contributed by atoms with Gasteiger partial charge in [0.05, 0.1) is 18.0 Å². The lowest BCUT2D eigenvalue weighted by atomic mass is 10.2. The molecule has 1 aromatic carbocycles. The van der Waals surface area contributed by atoms with Crippen LogP contribution in [0.3, 0.4) is 0 Å². The van der Waals surface area contributed by atoms with Gasteiger partial charge < -0.3 is 9.84 Å². The quantitative estimate of drug-likeness (QED) is 0.812. The van der Waals surface area contributed by atoms with E-state index >= 15 is 0 Å². The normalized spacial score (nSPS) is 10.5. The van der Waals surface area contributed by atoms with Crippen molar-refractivity contribution < 1.29 is 14.6 Å². The summed E-state index contributed by atoms with van der Waals surface area (Å²) in [6.07, 6.45) is 4.24. The number of aryl methyl sites for hydroxylation is 2. The lowest BCUT2D eigenvalue weighted by molar-refractivity contribution is -0.136. The molecule has 0 saturated heterocycles. The zero-order valence-corrected chi connectivity index (χ0v) is 12.9. The van der Waals surface area contributed by atoms with Crippen LogP contribution in [0.2, 0.25) is 0 Å². The summed E-state index contributed by atoms with van der Waals surface area (Å²) >= 11 is 1.56. The van der Waals surface area contributed by atoms with Crippen LogP contribution in [0.4, 0.5) is 0 Å². The summed E-state index contributed by atoms with van der Waals surface area (Å²) < 4.78 is 5.69. The molecule has 0 saturated carbocycles. The van der Waals surface area contributed by atoms with Crippen molar-refractivity contribution in [2.45, 2.75) is 32.6 Å². The van der Waals surface area contributed by atoms with Crippen molar-refractivity contribution >= 4 is 17.3 Å². The summed E-state index contributed by atoms with van der Waals surface area (Å²) in [7, 11) is 0. The fourth-order valence-corrected chi connectivity index (χ4v) is 2.79. The van der Waals surface area contributed by atoms with Crippen molar-refractivity contribution in [1.29, 1.82) is 0 Å². The lowest BCUT2D eigenvalue weighted by Gasteiger charge is -2.05. The molecule has 5 heteroatoms. The molecule has 0 fully saturated rings. The first-order valence-corrected chi connectivity index (χ1v) is 7.86. The molecule has 4 nitrogen and oxygen atoms in total. The first-order valence-electron chi connectivity index (χ1n) is 7.04. The van der Waals surface area contributed by atoms with Gasteiger partial charge in [0, 0.05) is 17.5 Å². The van der Waals surface area contributed by atoms with E-state index in [2.05, 4.69) is 24.0 Å². The Bertz CT molecular complexity index is 577. The average Bonchev–Trinajstić information content (AvgIpc) is 2.94. The third kappa shape index (κ3) is 5.19. The van der Waals surface area contributed by atoms with Crippen molar-refractivity contribution in [3.8, 4) is 5.75 Å². The number of nitrogens with zero attached hydrogens (tertiary/aromatic N) is 1. The molecule has 1 aromatic heterocycles. The summed E-state index contributed by atoms with van der Waals surface area (Å²) in [4.78, 5) is 15.8. The minimum absolute atomic E-state index is 0.155. The molecule has 0 aliphatic rings. The molecule has 1 N–H and O–H groups in total. The van der Waals surface area contributed by atoms with Gasteiger partial charge in [-0.3, -0.25) is 4.79 Å². The van der Waals surface area contributed by atoms with Crippen LogP contribution in [-0.2, 0) is 24.1 Å². The topological polar surface area (TPSA) is 59.4 Å². The first-order chi connectivity index (χ1) is 10.2. The molecular weight excluding hydrogens is 286 g/mol. The van der Waals surface area contributed by atoms with E-state index in [0.29, 0.717) is 13.0 Å². The van der Waals surface area contributed by atoms with Gasteiger partial charge >= 0.3 is 5.97 Å². The van der Waals surface area contributed by atoms with Gasteiger partial charge in [0.25, 0.3) is 0 Å². The second-order valence-electron chi connectivity index (χ2n) is 4.71. The first kappa shape index (κ1) is 15.5. The number of carboxylic acids is 1. The Kier molecular flexibility index (Phi) is 5.75. The van der Waals surface area contributed by atoms with Gasteiger partial charge in [-0.1, -0.05) is 19.1 Å². The second kappa shape index (κ2) is 7.78. The van der Waals surface area contributed by atoms with Crippen LogP contribution in [0.1, 0.15) is 28.8 Å². The number of ether oxygens (including phenoxy) is 1. The van der Waals surface area contributed by atoms with Crippen molar-refractivity contribution in [2.24, 2.45) is 0 Å². The molecule has 2 rings (SSSR count). The fourth-order valence-electron chi connectivity index (χ4n) is 1.89. The molecule has 1 heterocycles. The maximum atomic E-state index is 10.5. The third-order valence-corrected chi connectivity index (χ3v) is 4.22. The van der Waals surface area contributed by atoms with Crippen molar-refractivity contribution in [1.82, 2.24) is 4.98 Å². The van der Waals surface area contributed by atoms with Crippen LogP contribution in [0.15, 0.2) is 30.5 Å². The predicted octanol–water partition coefficient (Wildman–Crippen LogP) is 3.34. The van der Waals surface area contributed by atoms with E-state index in [1.807, 2.05) is 12.1 Å². The highest BCUT2D eigenvalue weighted by molar-refractivity contribution is 7.11. The van der Waals surface area contributed by atoms with E-state index in [9.17, 15) is 4.79 Å². The van der Waals surface area contributed by atoms with Crippen molar-refractivity contribution in [3.63, 3.8) is 0 Å². The van der Waals surface area contributed by atoms with E-state index in [1.54, 1.807) is 17.5 Å². The van der Waals surface area contributed by atoms with Gasteiger partial charge in [0.2, 0.25) is 0 Å². The maximum Gasteiger partial charge on any atom is 0.303 e. The number of aromatic nitrogens is 1. The molecule has 2 aromatic rings. The predicted molar refractivity (Wildman–Crippen MR) is 83.1 cm³/mol. The van der Waals surface area contributed by atoms with Crippen LogP contribution in [-0.4, -0.2) is 22.7 Å². The van der Waals surface area contributed by atoms with Crippen LogP contribution >= 0.6 is 11.3 Å². The number of carbonyl (C=O) groups is 1. The van der Waals surface area contributed by atoms with E-state index in [0.717, 1.165) is 28.5 Å². The summed E-state index contributed by atoms with van der Waals surface area (Å²) in [6, 6.07) is 8.11. The number of aliphatic carboxylic acids is 1. The molecule has 0 spiro atoms. The van der Waals surface area contributed by atoms with Gasteiger partial charge in [-0.2, -0.15) is 0 Å². The third-order valence-electron chi connectivity index (χ3n) is 3.10. The van der Waals surface area contributed by atoms with Crippen LogP contribution in [0.25, 0.3) is 0 Å². The molecule has 0 radical (unpaired) electrons. The lowest BCUT2D eigenvalue weighted by Crippen LogP contribution is -2.00. The van der Waals surface area contributed by atoms with Crippen molar-refractivity contribution in [3.05, 3.63) is 45.9 Å². The van der Waals surface area contributed by atoms with E-state index in [1.165, 1.54) is 5.56 Å². The zero-order chi connectivity index (χ0) is 15.1. The average molecular weight is 305 g/mol. The van der Waals surface area contributed by atoms with E-state index < -0.39 is 5.97 Å². The Labute approximate surface area is 128 Å². The molecule has 0 aliphatic heterocycles. The minimum Gasteiger partial charge on any atom is -0.493 e. The van der Waals surface area contributed by atoms with E-state index in [-0.39, 0.29) is 6.42 Å². The Balaban J connectivity index is 1.76. The van der Waals surface area contributed by atoms with Gasteiger partial charge in [0.15, 0.2) is 0 Å². The molecule has 0 atom stereocenters. The van der Waals surface area contributed by atoms with Gasteiger partial charge in [-0.25, -0.2) is 4.98 Å². The van der Waals surface area contributed by atoms with Crippen LogP contribution in [0, 0.1) is 0 Å². The van der Waals surface area contributed by atoms with Crippen molar-refractivity contribution in [2.75, 3.05) is 6.61 Å². The second-order valence-corrected chi connectivity index (χ2v) is 5.91. The number of hydrogen-bond acceptors (Lipinski definition) is 4. The molecule has 112 valence electrons. The standard InChI is InChI=1S/C16H19NO3S/c1-2-12-3-5-13(6-4-12)20-10-9-15-17-11-14(21-15)7-8-16(18)19/h3-6,11H,2,7-10H2,1H3,(H,18,19). The number of carboxylic acid groups (broad SMARTS) is 1. The monoisotopic (exact) mass is 305 g/mol. The number of thiazole rings is 1. The molecule has 0 amide bonds. The Morgan fingerprint density at radius 3 is 2.71 bits per heavy atom. The molecule has 0 bridgehead atoms. The van der Waals surface area contributed by atoms with Gasteiger partial charge in [-0.05, 0) is 30.5 Å². The number of hydrogen-bond donors (Lipinski definition) is 1. The number of benzene rings is 1. The van der Waals surface area contributed by atoms with Gasteiger partial charge in [-0.15, -0.1) is 11.3 Å². The molecule has 21 heavy (non-hydrogen) atoms. The van der Waals surface area contributed by atoms with E-state index in [4.69, 9.17) is 9.84 Å². The highest BCUT2D eigenvalue weighted by Gasteiger charge is 2.05. The van der Waals surface area contributed by atoms with Crippen LogP contribution < -0.4 is 4.74 Å². The largest absolute Gasteiger partial charge is 0.493 e. The minimum atomic E-state index is -0.774. The van der Waals surface area contributed by atoms with Crippen LogP contribution in [0.5, 0.6) is 5.75 Å². The smallest absolute Gasteiger partial charge is 0.303 e. The summed E-state index contributed by atoms with van der Waals surface area (Å²) in [6.45, 7) is 2.71. The summed E-state index contributed by atoms with van der Waals surface area (Å²) in [5.41, 5.74) is 1.30. The Hall–Kier alpha value is -1.88. The SMILES string of the molecule is CCc1ccc(OCCc2ncc(CCC(=O)O)s2)cc1. The molecule has 0 unspecified atom stereocenters. The van der Waals surface area contributed by atoms with Gasteiger partial charge in [0.1, 0.15) is 5.75 Å². The maximum absolute atomic E-state index is 10.5. The highest BCUT2D eigenvalue weighted by atomic mass is 32.1. The summed E-state index contributed by atoms with van der Waals surface area (Å²) in [5.74, 6) is 0.0960. The summed E-state index contributed by atoms with van der Waals surface area (Å²) in [5, 5.41) is 9.64. The molecular formula is C16H19NO3S. The molecule has 0 aliphatic carbocycles. The number of rotatable bonds is 8. The zero-order valence-electron chi connectivity index (χ0n) is 12.0. The fraction of sp³-hybridized carbons (Fsp3) is 0.375.